The van der Waals surface area contributed by atoms with Crippen LogP contribution in [0.25, 0.3) is 11.1 Å². The third-order valence-corrected chi connectivity index (χ3v) is 7.78. The predicted octanol–water partition coefficient (Wildman–Crippen LogP) is 5.84. The minimum Gasteiger partial charge on any atom is -0.445 e. The topological polar surface area (TPSA) is 41.6 Å². The van der Waals surface area contributed by atoms with Gasteiger partial charge in [0.05, 0.1) is 6.04 Å². The molecule has 3 heterocycles. The van der Waals surface area contributed by atoms with E-state index in [1.54, 1.807) is 0 Å². The number of aryl methyl sites for hydroxylation is 1. The number of rotatable bonds is 3. The lowest BCUT2D eigenvalue weighted by atomic mass is 9.70. The summed E-state index contributed by atoms with van der Waals surface area (Å²) in [5.41, 5.74) is 4.75. The first-order chi connectivity index (χ1) is 14.9. The fraction of sp³-hybridized carbons (Fsp3) is 0.500. The minimum atomic E-state index is -0.274. The quantitative estimate of drug-likeness (QED) is 0.654. The van der Waals surface area contributed by atoms with Gasteiger partial charge in [-0.15, -0.1) is 0 Å². The second kappa shape index (κ2) is 8.14. The SMILES string of the molecule is CC1(C)CCc2cc(-c3cccc(Cl)c3)ccc2C1NC(=O)O[C@@H]1CN2CCC1CC2. The molecule has 3 fully saturated rings. The first kappa shape index (κ1) is 20.8. The molecule has 3 aliphatic heterocycles. The Morgan fingerprint density at radius 1 is 1.13 bits per heavy atom. The second-order valence-electron chi connectivity index (χ2n) is 10.1. The Hall–Kier alpha value is -2.04. The number of hydrogen-bond donors (Lipinski definition) is 1. The zero-order valence-corrected chi connectivity index (χ0v) is 19.1. The zero-order valence-electron chi connectivity index (χ0n) is 18.4. The number of halogens is 1. The molecule has 0 spiro atoms. The fourth-order valence-electron chi connectivity index (χ4n) is 5.58. The van der Waals surface area contributed by atoms with Crippen molar-refractivity contribution in [3.63, 3.8) is 0 Å². The highest BCUT2D eigenvalue weighted by molar-refractivity contribution is 6.30. The summed E-state index contributed by atoms with van der Waals surface area (Å²) in [4.78, 5) is 15.3. The molecule has 1 N–H and O–H groups in total. The highest BCUT2D eigenvalue weighted by atomic mass is 35.5. The number of alkyl carbamates (subject to hydrolysis) is 1. The molecule has 2 aromatic rings. The van der Waals surface area contributed by atoms with Crippen LogP contribution in [0.15, 0.2) is 42.5 Å². The molecule has 1 unspecified atom stereocenters. The smallest absolute Gasteiger partial charge is 0.407 e. The molecule has 4 aliphatic rings. The summed E-state index contributed by atoms with van der Waals surface area (Å²) in [7, 11) is 0. The molecule has 31 heavy (non-hydrogen) atoms. The maximum absolute atomic E-state index is 12.9. The molecule has 3 saturated heterocycles. The Morgan fingerprint density at radius 3 is 2.61 bits per heavy atom. The van der Waals surface area contributed by atoms with Crippen molar-refractivity contribution >= 4 is 17.7 Å². The van der Waals surface area contributed by atoms with E-state index in [2.05, 4.69) is 48.3 Å². The number of carbonyl (C=O) groups is 1. The van der Waals surface area contributed by atoms with Gasteiger partial charge in [-0.2, -0.15) is 0 Å². The van der Waals surface area contributed by atoms with Crippen LogP contribution in [0.3, 0.4) is 0 Å². The molecule has 1 amide bonds. The van der Waals surface area contributed by atoms with Gasteiger partial charge in [0.15, 0.2) is 0 Å². The van der Waals surface area contributed by atoms with Crippen molar-refractivity contribution in [1.82, 2.24) is 10.2 Å². The predicted molar refractivity (Wildman–Crippen MR) is 124 cm³/mol. The summed E-state index contributed by atoms with van der Waals surface area (Å²) in [6.45, 7) is 7.64. The van der Waals surface area contributed by atoms with Crippen LogP contribution < -0.4 is 5.32 Å². The minimum absolute atomic E-state index is 0.0267. The summed E-state index contributed by atoms with van der Waals surface area (Å²) < 4.78 is 5.94. The van der Waals surface area contributed by atoms with Crippen LogP contribution in [0.4, 0.5) is 4.79 Å². The summed E-state index contributed by atoms with van der Waals surface area (Å²) >= 11 is 6.20. The largest absolute Gasteiger partial charge is 0.445 e. The summed E-state index contributed by atoms with van der Waals surface area (Å²) in [6.07, 6.45) is 4.06. The number of amides is 1. The molecule has 5 heteroatoms. The van der Waals surface area contributed by atoms with E-state index in [0.717, 1.165) is 61.5 Å². The number of hydrogen-bond acceptors (Lipinski definition) is 3. The Labute approximate surface area is 189 Å². The Bertz CT molecular complexity index is 981. The van der Waals surface area contributed by atoms with Crippen LogP contribution in [0.2, 0.25) is 5.02 Å². The van der Waals surface area contributed by atoms with Gasteiger partial charge in [-0.1, -0.05) is 55.8 Å². The molecule has 2 bridgehead atoms. The number of benzene rings is 2. The Kier molecular flexibility index (Phi) is 5.47. The van der Waals surface area contributed by atoms with Crippen LogP contribution in [0, 0.1) is 11.3 Å². The van der Waals surface area contributed by atoms with Crippen molar-refractivity contribution in [2.75, 3.05) is 19.6 Å². The van der Waals surface area contributed by atoms with Gasteiger partial charge >= 0.3 is 6.09 Å². The van der Waals surface area contributed by atoms with Gasteiger partial charge in [-0.05, 0) is 84.5 Å². The van der Waals surface area contributed by atoms with Gasteiger partial charge in [0, 0.05) is 11.6 Å². The van der Waals surface area contributed by atoms with Gasteiger partial charge in [0.25, 0.3) is 0 Å². The summed E-state index contributed by atoms with van der Waals surface area (Å²) in [5.74, 6) is 0.516. The molecule has 1 aliphatic carbocycles. The number of fused-ring (bicyclic) bond motifs is 4. The molecule has 2 aromatic carbocycles. The highest BCUT2D eigenvalue weighted by Crippen LogP contribution is 2.44. The van der Waals surface area contributed by atoms with Crippen LogP contribution in [-0.2, 0) is 11.2 Å². The van der Waals surface area contributed by atoms with Crippen molar-refractivity contribution in [2.24, 2.45) is 11.3 Å². The van der Waals surface area contributed by atoms with Crippen LogP contribution in [0.5, 0.6) is 0 Å². The van der Waals surface area contributed by atoms with Crippen molar-refractivity contribution in [3.8, 4) is 11.1 Å². The highest BCUT2D eigenvalue weighted by Gasteiger charge is 2.40. The number of nitrogens with one attached hydrogen (secondary N) is 1. The molecule has 2 atom stereocenters. The van der Waals surface area contributed by atoms with Gasteiger partial charge in [-0.3, -0.25) is 4.90 Å². The first-order valence-electron chi connectivity index (χ1n) is 11.5. The van der Waals surface area contributed by atoms with E-state index in [4.69, 9.17) is 16.3 Å². The Morgan fingerprint density at radius 2 is 1.90 bits per heavy atom. The zero-order chi connectivity index (χ0) is 21.6. The van der Waals surface area contributed by atoms with E-state index in [1.165, 1.54) is 11.1 Å². The lowest BCUT2D eigenvalue weighted by Gasteiger charge is -2.44. The molecular weight excluding hydrogens is 408 g/mol. The third-order valence-electron chi connectivity index (χ3n) is 7.55. The summed E-state index contributed by atoms with van der Waals surface area (Å²) in [5, 5.41) is 3.98. The molecule has 0 aromatic heterocycles. The monoisotopic (exact) mass is 438 g/mol. The first-order valence-corrected chi connectivity index (χ1v) is 11.9. The van der Waals surface area contributed by atoms with Crippen molar-refractivity contribution in [2.45, 2.75) is 51.7 Å². The number of nitrogens with zero attached hydrogens (tertiary/aromatic N) is 1. The maximum Gasteiger partial charge on any atom is 0.407 e. The second-order valence-corrected chi connectivity index (χ2v) is 10.5. The third kappa shape index (κ3) is 4.20. The molecular formula is C26H31ClN2O2. The van der Waals surface area contributed by atoms with E-state index in [9.17, 15) is 4.79 Å². The summed E-state index contributed by atoms with van der Waals surface area (Å²) in [6, 6.07) is 14.5. The lowest BCUT2D eigenvalue weighted by Crippen LogP contribution is -2.53. The molecule has 164 valence electrons. The lowest BCUT2D eigenvalue weighted by molar-refractivity contribution is -0.0353. The molecule has 4 nitrogen and oxygen atoms in total. The van der Waals surface area contributed by atoms with E-state index < -0.39 is 0 Å². The van der Waals surface area contributed by atoms with Gasteiger partial charge in [-0.25, -0.2) is 4.79 Å². The van der Waals surface area contributed by atoms with Crippen molar-refractivity contribution in [1.29, 1.82) is 0 Å². The van der Waals surface area contributed by atoms with E-state index in [1.807, 2.05) is 18.2 Å². The van der Waals surface area contributed by atoms with Crippen molar-refractivity contribution in [3.05, 3.63) is 58.6 Å². The standard InChI is InChI=1S/C26H31ClN2O2/c1-26(2)11-8-20-14-19(18-4-3-5-21(27)15-18)6-7-22(20)24(26)28-25(30)31-23-16-29-12-9-17(23)10-13-29/h3-7,14-15,17,23-24H,8-13,16H2,1-2H3,(H,28,30)/t23-,24?/m1/s1. The normalized spacial score (nSPS) is 28.6. The fourth-order valence-corrected chi connectivity index (χ4v) is 5.77. The molecule has 0 saturated carbocycles. The Balaban J connectivity index is 1.35. The van der Waals surface area contributed by atoms with Crippen LogP contribution >= 0.6 is 11.6 Å². The number of carbonyl (C=O) groups excluding carboxylic acids is 1. The van der Waals surface area contributed by atoms with E-state index >= 15 is 0 Å². The van der Waals surface area contributed by atoms with Crippen LogP contribution in [-0.4, -0.2) is 36.7 Å². The van der Waals surface area contributed by atoms with Crippen molar-refractivity contribution < 1.29 is 9.53 Å². The van der Waals surface area contributed by atoms with Crippen LogP contribution in [0.1, 0.15) is 50.3 Å². The van der Waals surface area contributed by atoms with Gasteiger partial charge in [0.1, 0.15) is 6.10 Å². The average molecular weight is 439 g/mol. The number of piperidine rings is 3. The maximum atomic E-state index is 12.9. The van der Waals surface area contributed by atoms with Gasteiger partial charge < -0.3 is 10.1 Å². The van der Waals surface area contributed by atoms with E-state index in [0.29, 0.717) is 5.92 Å². The molecule has 6 rings (SSSR count). The average Bonchev–Trinajstić information content (AvgIpc) is 2.76. The van der Waals surface area contributed by atoms with E-state index in [-0.39, 0.29) is 23.7 Å². The molecule has 0 radical (unpaired) electrons. The van der Waals surface area contributed by atoms with Gasteiger partial charge in [0.2, 0.25) is 0 Å². The number of ether oxygens (including phenoxy) is 1.